The van der Waals surface area contributed by atoms with E-state index >= 15 is 0 Å². The molecule has 0 radical (unpaired) electrons. The van der Waals surface area contributed by atoms with Gasteiger partial charge in [-0.2, -0.15) is 0 Å². The average molecular weight is 178 g/mol. The van der Waals surface area contributed by atoms with E-state index in [1.54, 1.807) is 0 Å². The van der Waals surface area contributed by atoms with Gasteiger partial charge >= 0.3 is 0 Å². The van der Waals surface area contributed by atoms with E-state index < -0.39 is 0 Å². The average Bonchev–Trinajstić information content (AvgIpc) is 2.03. The van der Waals surface area contributed by atoms with Crippen LogP contribution in [0.5, 0.6) is 0 Å². The van der Waals surface area contributed by atoms with Crippen LogP contribution >= 0.6 is 0 Å². The molecule has 0 amide bonds. The van der Waals surface area contributed by atoms with E-state index in [0.717, 1.165) is 25.7 Å². The molecule has 0 heterocycles. The molecule has 72 valence electrons. The number of ketones is 1. The Hall–Kier alpha value is -0.850. The monoisotopic (exact) mass is 178 g/mol. The van der Waals surface area contributed by atoms with Crippen LogP contribution in [0, 0.1) is 0 Å². The third kappa shape index (κ3) is 4.07. The van der Waals surface area contributed by atoms with Crippen LogP contribution in [0.3, 0.4) is 0 Å². The maximum absolute atomic E-state index is 11.3. The normalized spacial score (nSPS) is 28.6. The fourth-order valence-electron chi connectivity index (χ4n) is 1.61. The standard InChI is InChI=1S/C12H18O/c1-10-5-3-7-11(2)9-12(13)8-4-6-10/h5,9H,3-4,6-8H2,1-2H3/b10-5+,11-9-. The summed E-state index contributed by atoms with van der Waals surface area (Å²) in [7, 11) is 0. The first-order chi connectivity index (χ1) is 6.18. The minimum atomic E-state index is 0.298. The molecule has 0 N–H and O–H groups in total. The Balaban J connectivity index is 2.62. The van der Waals surface area contributed by atoms with Gasteiger partial charge in [-0.15, -0.1) is 0 Å². The highest BCUT2D eigenvalue weighted by Gasteiger charge is 2.02. The van der Waals surface area contributed by atoms with Crippen molar-refractivity contribution in [1.29, 1.82) is 0 Å². The lowest BCUT2D eigenvalue weighted by Crippen LogP contribution is -1.96. The minimum absolute atomic E-state index is 0.298. The molecule has 0 saturated heterocycles. The number of hydrogen-bond acceptors (Lipinski definition) is 1. The van der Waals surface area contributed by atoms with E-state index in [4.69, 9.17) is 0 Å². The van der Waals surface area contributed by atoms with Gasteiger partial charge in [0, 0.05) is 6.42 Å². The highest BCUT2D eigenvalue weighted by Crippen LogP contribution is 2.14. The lowest BCUT2D eigenvalue weighted by molar-refractivity contribution is -0.114. The summed E-state index contributed by atoms with van der Waals surface area (Å²) in [4.78, 5) is 11.3. The summed E-state index contributed by atoms with van der Waals surface area (Å²) in [6.45, 7) is 4.20. The molecule has 0 aromatic rings. The van der Waals surface area contributed by atoms with E-state index in [0.29, 0.717) is 12.2 Å². The van der Waals surface area contributed by atoms with Crippen LogP contribution in [0.1, 0.15) is 46.0 Å². The molecule has 0 aromatic carbocycles. The number of carbonyl (C=O) groups excluding carboxylic acids is 1. The van der Waals surface area contributed by atoms with Crippen LogP contribution < -0.4 is 0 Å². The molecule has 1 aliphatic carbocycles. The molecule has 0 bridgehead atoms. The SMILES string of the molecule is C/C1=C/C(=O)CCC/C(C)=C/CC1. The summed E-state index contributed by atoms with van der Waals surface area (Å²) in [6.07, 6.45) is 9.03. The molecule has 0 fully saturated rings. The van der Waals surface area contributed by atoms with Gasteiger partial charge < -0.3 is 0 Å². The Bertz CT molecular complexity index is 246. The van der Waals surface area contributed by atoms with Crippen molar-refractivity contribution in [3.63, 3.8) is 0 Å². The number of allylic oxidation sites excluding steroid dienone is 4. The van der Waals surface area contributed by atoms with Crippen LogP contribution in [0.2, 0.25) is 0 Å². The minimum Gasteiger partial charge on any atom is -0.295 e. The number of rotatable bonds is 0. The van der Waals surface area contributed by atoms with Crippen LogP contribution in [-0.2, 0) is 4.79 Å². The molecule has 1 rings (SSSR count). The topological polar surface area (TPSA) is 17.1 Å². The third-order valence-corrected chi connectivity index (χ3v) is 2.43. The Kier molecular flexibility index (Phi) is 3.94. The molecule has 0 saturated carbocycles. The van der Waals surface area contributed by atoms with Gasteiger partial charge in [-0.3, -0.25) is 4.79 Å². The van der Waals surface area contributed by atoms with Gasteiger partial charge in [0.2, 0.25) is 0 Å². The van der Waals surface area contributed by atoms with Crippen molar-refractivity contribution in [3.8, 4) is 0 Å². The quantitative estimate of drug-likeness (QED) is 0.519. The maximum Gasteiger partial charge on any atom is 0.155 e. The second-order valence-corrected chi connectivity index (χ2v) is 3.90. The van der Waals surface area contributed by atoms with Gasteiger partial charge in [-0.25, -0.2) is 0 Å². The second-order valence-electron chi connectivity index (χ2n) is 3.90. The molecular formula is C12H18O. The summed E-state index contributed by atoms with van der Waals surface area (Å²) in [5, 5.41) is 0. The van der Waals surface area contributed by atoms with E-state index in [2.05, 4.69) is 13.0 Å². The first-order valence-electron chi connectivity index (χ1n) is 5.04. The van der Waals surface area contributed by atoms with Crippen LogP contribution in [-0.4, -0.2) is 5.78 Å². The molecule has 0 aromatic heterocycles. The highest BCUT2D eigenvalue weighted by atomic mass is 16.1. The summed E-state index contributed by atoms with van der Waals surface area (Å²) in [6, 6.07) is 0. The van der Waals surface area contributed by atoms with Crippen molar-refractivity contribution < 1.29 is 4.79 Å². The molecule has 0 unspecified atom stereocenters. The Morgan fingerprint density at radius 2 is 1.85 bits per heavy atom. The maximum atomic E-state index is 11.3. The predicted octanol–water partition coefficient (Wildman–Crippen LogP) is 3.41. The fourth-order valence-corrected chi connectivity index (χ4v) is 1.61. The smallest absolute Gasteiger partial charge is 0.155 e. The zero-order valence-corrected chi connectivity index (χ0v) is 8.60. The Labute approximate surface area is 80.5 Å². The number of hydrogen-bond donors (Lipinski definition) is 0. The van der Waals surface area contributed by atoms with Gasteiger partial charge in [0.05, 0.1) is 0 Å². The van der Waals surface area contributed by atoms with Crippen molar-refractivity contribution in [2.24, 2.45) is 0 Å². The third-order valence-electron chi connectivity index (χ3n) is 2.43. The highest BCUT2D eigenvalue weighted by molar-refractivity contribution is 5.90. The van der Waals surface area contributed by atoms with Crippen LogP contribution in [0.25, 0.3) is 0 Å². The van der Waals surface area contributed by atoms with Gasteiger partial charge in [0.1, 0.15) is 0 Å². The van der Waals surface area contributed by atoms with E-state index in [1.165, 1.54) is 11.1 Å². The fraction of sp³-hybridized carbons (Fsp3) is 0.583. The molecule has 1 nitrogen and oxygen atoms in total. The molecule has 1 aliphatic rings. The largest absolute Gasteiger partial charge is 0.295 e. The van der Waals surface area contributed by atoms with Gasteiger partial charge in [0.15, 0.2) is 5.78 Å². The zero-order valence-electron chi connectivity index (χ0n) is 8.60. The summed E-state index contributed by atoms with van der Waals surface area (Å²) >= 11 is 0. The molecule has 0 atom stereocenters. The first-order valence-corrected chi connectivity index (χ1v) is 5.04. The summed E-state index contributed by atoms with van der Waals surface area (Å²) in [5.41, 5.74) is 2.65. The van der Waals surface area contributed by atoms with Crippen molar-refractivity contribution >= 4 is 5.78 Å². The lowest BCUT2D eigenvalue weighted by atomic mass is 10.0. The van der Waals surface area contributed by atoms with Crippen LogP contribution in [0.4, 0.5) is 0 Å². The van der Waals surface area contributed by atoms with Crippen molar-refractivity contribution in [3.05, 3.63) is 23.3 Å². The molecule has 0 spiro atoms. The van der Waals surface area contributed by atoms with Gasteiger partial charge in [0.25, 0.3) is 0 Å². The van der Waals surface area contributed by atoms with Gasteiger partial charge in [-0.05, 0) is 45.6 Å². The summed E-state index contributed by atoms with van der Waals surface area (Å²) in [5.74, 6) is 0.298. The summed E-state index contributed by atoms with van der Waals surface area (Å²) < 4.78 is 0. The van der Waals surface area contributed by atoms with Crippen molar-refractivity contribution in [2.75, 3.05) is 0 Å². The predicted molar refractivity (Wildman–Crippen MR) is 55.6 cm³/mol. The van der Waals surface area contributed by atoms with Gasteiger partial charge in [-0.1, -0.05) is 17.2 Å². The Morgan fingerprint density at radius 3 is 2.62 bits per heavy atom. The van der Waals surface area contributed by atoms with Crippen molar-refractivity contribution in [1.82, 2.24) is 0 Å². The van der Waals surface area contributed by atoms with E-state index in [1.807, 2.05) is 13.0 Å². The second kappa shape index (κ2) is 5.00. The van der Waals surface area contributed by atoms with Crippen LogP contribution in [0.15, 0.2) is 23.3 Å². The molecular weight excluding hydrogens is 160 g/mol. The molecule has 1 heteroatoms. The molecule has 13 heavy (non-hydrogen) atoms. The number of carbonyl (C=O) groups is 1. The van der Waals surface area contributed by atoms with E-state index in [-0.39, 0.29) is 0 Å². The zero-order chi connectivity index (χ0) is 9.68. The first kappa shape index (κ1) is 10.2. The Morgan fingerprint density at radius 1 is 1.08 bits per heavy atom. The van der Waals surface area contributed by atoms with Crippen molar-refractivity contribution in [2.45, 2.75) is 46.0 Å². The lowest BCUT2D eigenvalue weighted by Gasteiger charge is -2.05. The van der Waals surface area contributed by atoms with E-state index in [9.17, 15) is 4.79 Å². The molecule has 0 aliphatic heterocycles.